The third kappa shape index (κ3) is 7.28. The normalized spacial score (nSPS) is 18.9. The van der Waals surface area contributed by atoms with E-state index in [1.807, 2.05) is 0 Å². The van der Waals surface area contributed by atoms with Gasteiger partial charge in [0.2, 0.25) is 0 Å². The Morgan fingerprint density at radius 3 is 2.16 bits per heavy atom. The first kappa shape index (κ1) is 16.9. The van der Waals surface area contributed by atoms with E-state index >= 15 is 0 Å². The standard InChI is InChI=1S/C16H35N3/c1-5-6-7-8-9-17-10-11-18-12-14-19(15-13-18)16(2,3)4/h17H,5-15H2,1-4H3. The highest BCUT2D eigenvalue weighted by Crippen LogP contribution is 2.15. The molecule has 0 aromatic heterocycles. The summed E-state index contributed by atoms with van der Waals surface area (Å²) >= 11 is 0. The van der Waals surface area contributed by atoms with E-state index < -0.39 is 0 Å². The van der Waals surface area contributed by atoms with E-state index in [1.54, 1.807) is 0 Å². The van der Waals surface area contributed by atoms with Crippen LogP contribution in [0.5, 0.6) is 0 Å². The van der Waals surface area contributed by atoms with Crippen LogP contribution in [0.15, 0.2) is 0 Å². The van der Waals surface area contributed by atoms with Crippen LogP contribution in [0.4, 0.5) is 0 Å². The van der Waals surface area contributed by atoms with Gasteiger partial charge in [0.25, 0.3) is 0 Å². The molecule has 0 aliphatic carbocycles. The van der Waals surface area contributed by atoms with E-state index in [1.165, 1.54) is 65.0 Å². The van der Waals surface area contributed by atoms with E-state index in [0.29, 0.717) is 5.54 Å². The van der Waals surface area contributed by atoms with Gasteiger partial charge in [0.15, 0.2) is 0 Å². The smallest absolute Gasteiger partial charge is 0.0126 e. The Hall–Kier alpha value is -0.120. The van der Waals surface area contributed by atoms with E-state index in [9.17, 15) is 0 Å². The zero-order valence-electron chi connectivity index (χ0n) is 13.7. The Bertz CT molecular complexity index is 215. The van der Waals surface area contributed by atoms with Crippen molar-refractivity contribution in [3.8, 4) is 0 Å². The minimum atomic E-state index is 0.337. The summed E-state index contributed by atoms with van der Waals surface area (Å²) in [6.45, 7) is 17.7. The fourth-order valence-corrected chi connectivity index (χ4v) is 2.68. The number of nitrogens with one attached hydrogen (secondary N) is 1. The van der Waals surface area contributed by atoms with E-state index in [2.05, 4.69) is 42.8 Å². The lowest BCUT2D eigenvalue weighted by atomic mass is 10.1. The van der Waals surface area contributed by atoms with Gasteiger partial charge in [0.05, 0.1) is 0 Å². The number of rotatable bonds is 8. The highest BCUT2D eigenvalue weighted by molar-refractivity contribution is 4.81. The Labute approximate surface area is 120 Å². The van der Waals surface area contributed by atoms with Crippen LogP contribution in [0, 0.1) is 0 Å². The van der Waals surface area contributed by atoms with Crippen LogP contribution in [0.2, 0.25) is 0 Å². The van der Waals surface area contributed by atoms with Crippen LogP contribution in [-0.4, -0.2) is 61.2 Å². The first-order chi connectivity index (χ1) is 9.04. The first-order valence-corrected chi connectivity index (χ1v) is 8.22. The topological polar surface area (TPSA) is 18.5 Å². The molecule has 114 valence electrons. The Morgan fingerprint density at radius 1 is 0.895 bits per heavy atom. The highest BCUT2D eigenvalue weighted by Gasteiger charge is 2.25. The summed E-state index contributed by atoms with van der Waals surface area (Å²) in [7, 11) is 0. The van der Waals surface area contributed by atoms with Crippen LogP contribution in [-0.2, 0) is 0 Å². The molecule has 1 heterocycles. The molecule has 0 amide bonds. The Morgan fingerprint density at radius 2 is 1.58 bits per heavy atom. The molecule has 1 saturated heterocycles. The molecule has 0 spiro atoms. The molecule has 0 atom stereocenters. The molecule has 0 bridgehead atoms. The van der Waals surface area contributed by atoms with Gasteiger partial charge in [-0.2, -0.15) is 0 Å². The third-order valence-corrected chi connectivity index (χ3v) is 4.13. The summed E-state index contributed by atoms with van der Waals surface area (Å²) in [5.74, 6) is 0. The zero-order valence-corrected chi connectivity index (χ0v) is 13.7. The minimum absolute atomic E-state index is 0.337. The van der Waals surface area contributed by atoms with Crippen molar-refractivity contribution in [1.29, 1.82) is 0 Å². The van der Waals surface area contributed by atoms with Gasteiger partial charge in [-0.05, 0) is 33.7 Å². The first-order valence-electron chi connectivity index (χ1n) is 8.22. The van der Waals surface area contributed by atoms with Crippen molar-refractivity contribution >= 4 is 0 Å². The summed E-state index contributed by atoms with van der Waals surface area (Å²) in [5, 5.41) is 3.58. The van der Waals surface area contributed by atoms with Gasteiger partial charge in [0.1, 0.15) is 0 Å². The van der Waals surface area contributed by atoms with Crippen LogP contribution in [0.25, 0.3) is 0 Å². The average molecular weight is 269 g/mol. The second kappa shape index (κ2) is 8.93. The number of piperazine rings is 1. The molecule has 1 aliphatic rings. The van der Waals surface area contributed by atoms with Gasteiger partial charge in [-0.1, -0.05) is 26.2 Å². The number of hydrogen-bond donors (Lipinski definition) is 1. The van der Waals surface area contributed by atoms with Crippen molar-refractivity contribution in [1.82, 2.24) is 15.1 Å². The van der Waals surface area contributed by atoms with Crippen molar-refractivity contribution < 1.29 is 0 Å². The molecular weight excluding hydrogens is 234 g/mol. The van der Waals surface area contributed by atoms with E-state index in [4.69, 9.17) is 0 Å². The van der Waals surface area contributed by atoms with Crippen molar-refractivity contribution in [3.05, 3.63) is 0 Å². The fourth-order valence-electron chi connectivity index (χ4n) is 2.68. The second-order valence-electron chi connectivity index (χ2n) is 6.81. The molecule has 0 aromatic carbocycles. The highest BCUT2D eigenvalue weighted by atomic mass is 15.3. The zero-order chi connectivity index (χ0) is 14.1. The van der Waals surface area contributed by atoms with E-state index in [-0.39, 0.29) is 0 Å². The van der Waals surface area contributed by atoms with Gasteiger partial charge < -0.3 is 5.32 Å². The molecule has 0 radical (unpaired) electrons. The second-order valence-corrected chi connectivity index (χ2v) is 6.81. The molecule has 1 N–H and O–H groups in total. The van der Waals surface area contributed by atoms with Gasteiger partial charge in [-0.25, -0.2) is 0 Å². The molecule has 0 saturated carbocycles. The quantitative estimate of drug-likeness (QED) is 0.683. The number of unbranched alkanes of at least 4 members (excludes halogenated alkanes) is 3. The lowest BCUT2D eigenvalue weighted by Crippen LogP contribution is -2.54. The molecule has 1 rings (SSSR count). The molecule has 0 aromatic rings. The summed E-state index contributed by atoms with van der Waals surface area (Å²) in [4.78, 5) is 5.20. The Kier molecular flexibility index (Phi) is 7.96. The summed E-state index contributed by atoms with van der Waals surface area (Å²) in [6.07, 6.45) is 5.44. The molecule has 1 fully saturated rings. The van der Waals surface area contributed by atoms with Crippen molar-refractivity contribution in [2.24, 2.45) is 0 Å². The SMILES string of the molecule is CCCCCCNCCN1CCN(C(C)(C)C)CC1. The minimum Gasteiger partial charge on any atom is -0.315 e. The lowest BCUT2D eigenvalue weighted by Gasteiger charge is -2.42. The van der Waals surface area contributed by atoms with Crippen LogP contribution < -0.4 is 5.32 Å². The van der Waals surface area contributed by atoms with Gasteiger partial charge in [-0.15, -0.1) is 0 Å². The molecule has 19 heavy (non-hydrogen) atoms. The average Bonchev–Trinajstić information content (AvgIpc) is 2.37. The van der Waals surface area contributed by atoms with Crippen LogP contribution in [0.3, 0.4) is 0 Å². The summed E-state index contributed by atoms with van der Waals surface area (Å²) in [5.41, 5.74) is 0.337. The Balaban J connectivity index is 1.98. The van der Waals surface area contributed by atoms with Crippen LogP contribution in [0.1, 0.15) is 53.4 Å². The lowest BCUT2D eigenvalue weighted by molar-refractivity contribution is 0.0628. The molecule has 3 nitrogen and oxygen atoms in total. The number of hydrogen-bond acceptors (Lipinski definition) is 3. The summed E-state index contributed by atoms with van der Waals surface area (Å²) in [6, 6.07) is 0. The van der Waals surface area contributed by atoms with Crippen LogP contribution >= 0.6 is 0 Å². The molecule has 0 unspecified atom stereocenters. The number of nitrogens with zero attached hydrogens (tertiary/aromatic N) is 2. The molecule has 3 heteroatoms. The summed E-state index contributed by atoms with van der Waals surface area (Å²) < 4.78 is 0. The van der Waals surface area contributed by atoms with Crippen molar-refractivity contribution in [3.63, 3.8) is 0 Å². The fraction of sp³-hybridized carbons (Fsp3) is 1.00. The largest absolute Gasteiger partial charge is 0.315 e. The van der Waals surface area contributed by atoms with Gasteiger partial charge in [0, 0.05) is 44.8 Å². The maximum absolute atomic E-state index is 3.58. The predicted octanol–water partition coefficient (Wildman–Crippen LogP) is 2.57. The molecular formula is C16H35N3. The monoisotopic (exact) mass is 269 g/mol. The van der Waals surface area contributed by atoms with Crippen molar-refractivity contribution in [2.45, 2.75) is 58.9 Å². The predicted molar refractivity (Wildman–Crippen MR) is 84.8 cm³/mol. The van der Waals surface area contributed by atoms with Gasteiger partial charge in [-0.3, -0.25) is 9.80 Å². The third-order valence-electron chi connectivity index (χ3n) is 4.13. The van der Waals surface area contributed by atoms with Crippen molar-refractivity contribution in [2.75, 3.05) is 45.8 Å². The molecule has 1 aliphatic heterocycles. The van der Waals surface area contributed by atoms with Gasteiger partial charge >= 0.3 is 0 Å². The maximum atomic E-state index is 3.58. The van der Waals surface area contributed by atoms with E-state index in [0.717, 1.165) is 6.54 Å². The maximum Gasteiger partial charge on any atom is 0.0126 e.